The van der Waals surface area contributed by atoms with Crippen LogP contribution in [-0.2, 0) is 4.79 Å². The average Bonchev–Trinajstić information content (AvgIpc) is 2.62. The van der Waals surface area contributed by atoms with Gasteiger partial charge in [-0.1, -0.05) is 54.9 Å². The van der Waals surface area contributed by atoms with Crippen molar-refractivity contribution in [2.45, 2.75) is 33.6 Å². The second kappa shape index (κ2) is 5.28. The zero-order valence-corrected chi connectivity index (χ0v) is 13.5. The number of alkyl halides is 1. The second-order valence-corrected chi connectivity index (χ2v) is 6.91. The quantitative estimate of drug-likeness (QED) is 0.817. The number of amides is 1. The predicted octanol–water partition coefficient (Wildman–Crippen LogP) is 4.46. The van der Waals surface area contributed by atoms with Crippen molar-refractivity contribution in [2.75, 3.05) is 10.6 Å². The standard InChI is InChI=1S/C16H22BrNO/c1-15(2)12(11-17)9-10-16(15,3)14(19)18-13-7-5-4-6-8-13/h4-8,12H,9-11H2,1-3H3,(H,18,19)/t12-,16+/m1/s1. The Kier molecular flexibility index (Phi) is 4.05. The number of carbonyl (C=O) groups is 1. The molecule has 1 N–H and O–H groups in total. The first-order chi connectivity index (χ1) is 8.91. The Hall–Kier alpha value is -0.830. The Morgan fingerprint density at radius 3 is 2.47 bits per heavy atom. The first-order valence-electron chi connectivity index (χ1n) is 6.84. The number of hydrogen-bond donors (Lipinski definition) is 1. The van der Waals surface area contributed by atoms with E-state index in [2.05, 4.69) is 42.0 Å². The van der Waals surface area contributed by atoms with Gasteiger partial charge in [0.25, 0.3) is 0 Å². The molecule has 0 spiro atoms. The molecule has 3 heteroatoms. The summed E-state index contributed by atoms with van der Waals surface area (Å²) in [5.41, 5.74) is 0.586. The molecule has 0 heterocycles. The first-order valence-corrected chi connectivity index (χ1v) is 7.96. The molecule has 1 aliphatic carbocycles. The van der Waals surface area contributed by atoms with Gasteiger partial charge in [-0.2, -0.15) is 0 Å². The van der Waals surface area contributed by atoms with Crippen molar-refractivity contribution in [3.05, 3.63) is 30.3 Å². The number of para-hydroxylation sites is 1. The molecule has 1 aromatic rings. The van der Waals surface area contributed by atoms with Crippen LogP contribution in [0.3, 0.4) is 0 Å². The number of halogens is 1. The summed E-state index contributed by atoms with van der Waals surface area (Å²) < 4.78 is 0. The fourth-order valence-corrected chi connectivity index (χ4v) is 4.20. The Morgan fingerprint density at radius 1 is 1.32 bits per heavy atom. The highest BCUT2D eigenvalue weighted by Gasteiger charge is 2.55. The Bertz CT molecular complexity index is 457. The molecule has 0 unspecified atom stereocenters. The fraction of sp³-hybridized carbons (Fsp3) is 0.562. The molecule has 0 aromatic heterocycles. The lowest BCUT2D eigenvalue weighted by molar-refractivity contribution is -0.130. The van der Waals surface area contributed by atoms with Crippen LogP contribution in [0.4, 0.5) is 5.69 Å². The summed E-state index contributed by atoms with van der Waals surface area (Å²) in [4.78, 5) is 12.7. The highest BCUT2D eigenvalue weighted by atomic mass is 79.9. The van der Waals surface area contributed by atoms with Crippen molar-refractivity contribution < 1.29 is 4.79 Å². The number of anilines is 1. The van der Waals surface area contributed by atoms with Gasteiger partial charge in [0.15, 0.2) is 0 Å². The van der Waals surface area contributed by atoms with Crippen LogP contribution >= 0.6 is 15.9 Å². The molecule has 2 nitrogen and oxygen atoms in total. The van der Waals surface area contributed by atoms with Crippen LogP contribution in [0.25, 0.3) is 0 Å². The van der Waals surface area contributed by atoms with E-state index in [1.807, 2.05) is 30.3 Å². The van der Waals surface area contributed by atoms with Gasteiger partial charge in [-0.15, -0.1) is 0 Å². The molecule has 0 saturated heterocycles. The number of hydrogen-bond acceptors (Lipinski definition) is 1. The molecule has 1 fully saturated rings. The Morgan fingerprint density at radius 2 is 1.95 bits per heavy atom. The molecule has 2 atom stereocenters. The summed E-state index contributed by atoms with van der Waals surface area (Å²) in [6, 6.07) is 9.71. The van der Waals surface area contributed by atoms with E-state index >= 15 is 0 Å². The highest BCUT2D eigenvalue weighted by Crippen LogP contribution is 2.56. The third-order valence-corrected chi connectivity index (χ3v) is 5.94. The lowest BCUT2D eigenvalue weighted by atomic mass is 9.65. The van der Waals surface area contributed by atoms with Crippen LogP contribution in [0.15, 0.2) is 30.3 Å². The van der Waals surface area contributed by atoms with Gasteiger partial charge in [-0.25, -0.2) is 0 Å². The van der Waals surface area contributed by atoms with Crippen molar-refractivity contribution in [1.29, 1.82) is 0 Å². The molecule has 1 aliphatic rings. The van der Waals surface area contributed by atoms with Gasteiger partial charge in [-0.3, -0.25) is 4.79 Å². The molecule has 19 heavy (non-hydrogen) atoms. The van der Waals surface area contributed by atoms with E-state index in [9.17, 15) is 4.79 Å². The maximum absolute atomic E-state index is 12.7. The maximum atomic E-state index is 12.7. The van der Waals surface area contributed by atoms with Gasteiger partial charge in [0.2, 0.25) is 5.91 Å². The van der Waals surface area contributed by atoms with E-state index in [1.165, 1.54) is 0 Å². The summed E-state index contributed by atoms with van der Waals surface area (Å²) in [6.45, 7) is 6.54. The summed E-state index contributed by atoms with van der Waals surface area (Å²) in [5.74, 6) is 0.700. The van der Waals surface area contributed by atoms with E-state index in [4.69, 9.17) is 0 Å². The monoisotopic (exact) mass is 323 g/mol. The molecule has 104 valence electrons. The van der Waals surface area contributed by atoms with E-state index in [1.54, 1.807) is 0 Å². The molecular weight excluding hydrogens is 302 g/mol. The number of rotatable bonds is 3. The largest absolute Gasteiger partial charge is 0.326 e. The van der Waals surface area contributed by atoms with Crippen LogP contribution in [-0.4, -0.2) is 11.2 Å². The molecule has 1 amide bonds. The second-order valence-electron chi connectivity index (χ2n) is 6.26. The van der Waals surface area contributed by atoms with Crippen molar-refractivity contribution in [3.63, 3.8) is 0 Å². The molecule has 0 aliphatic heterocycles. The van der Waals surface area contributed by atoms with Gasteiger partial charge in [-0.05, 0) is 36.3 Å². The van der Waals surface area contributed by atoms with Crippen LogP contribution in [0, 0.1) is 16.7 Å². The van der Waals surface area contributed by atoms with E-state index in [-0.39, 0.29) is 16.7 Å². The topological polar surface area (TPSA) is 29.1 Å². The lowest BCUT2D eigenvalue weighted by Gasteiger charge is -2.40. The van der Waals surface area contributed by atoms with E-state index in [0.717, 1.165) is 23.9 Å². The Labute approximate surface area is 124 Å². The number of carbonyl (C=O) groups excluding carboxylic acids is 1. The molecule has 1 aromatic carbocycles. The minimum Gasteiger partial charge on any atom is -0.326 e. The minimum absolute atomic E-state index is 0.00929. The maximum Gasteiger partial charge on any atom is 0.230 e. The smallest absolute Gasteiger partial charge is 0.230 e. The summed E-state index contributed by atoms with van der Waals surface area (Å²) in [5, 5.41) is 4.04. The van der Waals surface area contributed by atoms with Crippen molar-refractivity contribution in [2.24, 2.45) is 16.7 Å². The van der Waals surface area contributed by atoms with Gasteiger partial charge >= 0.3 is 0 Å². The zero-order chi connectivity index (χ0) is 14.1. The summed E-state index contributed by atoms with van der Waals surface area (Å²) in [6.07, 6.45) is 2.06. The third kappa shape index (κ3) is 2.45. The highest BCUT2D eigenvalue weighted by molar-refractivity contribution is 9.09. The van der Waals surface area contributed by atoms with Gasteiger partial charge in [0, 0.05) is 11.0 Å². The van der Waals surface area contributed by atoms with Gasteiger partial charge in [0.1, 0.15) is 0 Å². The normalized spacial score (nSPS) is 29.2. The molecule has 0 bridgehead atoms. The van der Waals surface area contributed by atoms with Gasteiger partial charge < -0.3 is 5.32 Å². The molecule has 1 saturated carbocycles. The van der Waals surface area contributed by atoms with Crippen molar-refractivity contribution in [1.82, 2.24) is 0 Å². The molecule has 0 radical (unpaired) electrons. The first kappa shape index (κ1) is 14.6. The van der Waals surface area contributed by atoms with Crippen LogP contribution < -0.4 is 5.32 Å². The summed E-state index contributed by atoms with van der Waals surface area (Å²) in [7, 11) is 0. The fourth-order valence-electron chi connectivity index (χ4n) is 3.06. The number of nitrogens with one attached hydrogen (secondary N) is 1. The molecule has 2 rings (SSSR count). The van der Waals surface area contributed by atoms with Crippen molar-refractivity contribution in [3.8, 4) is 0 Å². The number of benzene rings is 1. The van der Waals surface area contributed by atoms with Crippen LogP contribution in [0.1, 0.15) is 33.6 Å². The molecular formula is C16H22BrNO. The van der Waals surface area contributed by atoms with Crippen molar-refractivity contribution >= 4 is 27.5 Å². The van der Waals surface area contributed by atoms with E-state index < -0.39 is 0 Å². The predicted molar refractivity (Wildman–Crippen MR) is 83.5 cm³/mol. The minimum atomic E-state index is -0.304. The van der Waals surface area contributed by atoms with Crippen LogP contribution in [0.2, 0.25) is 0 Å². The lowest BCUT2D eigenvalue weighted by Crippen LogP contribution is -2.44. The van der Waals surface area contributed by atoms with E-state index in [0.29, 0.717) is 5.92 Å². The average molecular weight is 324 g/mol. The third-order valence-electron chi connectivity index (χ3n) is 5.15. The van der Waals surface area contributed by atoms with Crippen LogP contribution in [0.5, 0.6) is 0 Å². The Balaban J connectivity index is 2.19. The zero-order valence-electron chi connectivity index (χ0n) is 11.9. The summed E-state index contributed by atoms with van der Waals surface area (Å²) >= 11 is 3.59. The SMILES string of the molecule is CC1(C)[C@@H](CBr)CC[C@@]1(C)C(=O)Nc1ccccc1. The van der Waals surface area contributed by atoms with Gasteiger partial charge in [0.05, 0.1) is 5.41 Å².